The van der Waals surface area contributed by atoms with E-state index in [1.54, 1.807) is 18.2 Å². The van der Waals surface area contributed by atoms with Gasteiger partial charge in [0.2, 0.25) is 0 Å². The van der Waals surface area contributed by atoms with Gasteiger partial charge in [-0.05, 0) is 12.1 Å². The van der Waals surface area contributed by atoms with E-state index < -0.39 is 5.82 Å². The molecule has 1 aromatic carbocycles. The lowest BCUT2D eigenvalue weighted by molar-refractivity contribution is 0.286. The molecule has 0 atom stereocenters. The molecule has 0 radical (unpaired) electrons. The third kappa shape index (κ3) is 2.43. The second-order valence-corrected chi connectivity index (χ2v) is 4.07. The molecule has 3 nitrogen and oxygen atoms in total. The molecule has 78 valence electrons. The van der Waals surface area contributed by atoms with Gasteiger partial charge in [0.1, 0.15) is 16.6 Å². The summed E-state index contributed by atoms with van der Waals surface area (Å²) in [6.45, 7) is 0.121. The highest BCUT2D eigenvalue weighted by Gasteiger charge is 2.07. The van der Waals surface area contributed by atoms with Crippen molar-refractivity contribution in [3.63, 3.8) is 0 Å². The molecule has 0 aliphatic carbocycles. The Hall–Kier alpha value is -1.20. The number of hydrogen-bond donors (Lipinski definition) is 0. The number of aromatic nitrogens is 2. The van der Waals surface area contributed by atoms with Crippen molar-refractivity contribution in [3.05, 3.63) is 40.1 Å². The lowest BCUT2D eigenvalue weighted by Gasteiger charge is -2.04. The van der Waals surface area contributed by atoms with Crippen LogP contribution >= 0.6 is 23.1 Å². The van der Waals surface area contributed by atoms with Gasteiger partial charge in [0, 0.05) is 11.5 Å². The van der Waals surface area contributed by atoms with Crippen LogP contribution in [-0.4, -0.2) is 9.59 Å². The van der Waals surface area contributed by atoms with Crippen molar-refractivity contribution in [1.82, 2.24) is 9.59 Å². The largest absolute Gasteiger partial charge is 0.484 e. The van der Waals surface area contributed by atoms with E-state index in [4.69, 9.17) is 16.3 Å². The summed E-state index contributed by atoms with van der Waals surface area (Å²) in [6.07, 6.45) is 0. The molecule has 6 heteroatoms. The molecule has 0 aliphatic heterocycles. The Kier molecular flexibility index (Phi) is 3.13. The van der Waals surface area contributed by atoms with E-state index in [9.17, 15) is 4.39 Å². The lowest BCUT2D eigenvalue weighted by Crippen LogP contribution is -1.98. The quantitative estimate of drug-likeness (QED) is 0.833. The summed E-state index contributed by atoms with van der Waals surface area (Å²) < 4.78 is 22.4. The summed E-state index contributed by atoms with van der Waals surface area (Å²) in [4.78, 5) is 0. The molecular weight excluding hydrogens is 239 g/mol. The number of benzene rings is 1. The predicted octanol–water partition coefficient (Wildman–Crippen LogP) is 2.91. The maximum Gasteiger partial charge on any atom is 0.165 e. The SMILES string of the molecule is Fc1ccccc1OCc1nnsc1Cl. The minimum absolute atomic E-state index is 0.121. The lowest BCUT2D eigenvalue weighted by atomic mass is 10.3. The molecule has 15 heavy (non-hydrogen) atoms. The van der Waals surface area contributed by atoms with Gasteiger partial charge in [-0.3, -0.25) is 0 Å². The Balaban J connectivity index is 2.06. The summed E-state index contributed by atoms with van der Waals surface area (Å²) in [5.74, 6) is -0.224. The van der Waals surface area contributed by atoms with Crippen molar-refractivity contribution in [2.24, 2.45) is 0 Å². The van der Waals surface area contributed by atoms with Crippen molar-refractivity contribution < 1.29 is 9.13 Å². The number of halogens is 2. The molecule has 0 fully saturated rings. The first kappa shape index (κ1) is 10.3. The van der Waals surface area contributed by atoms with Crippen molar-refractivity contribution in [3.8, 4) is 5.75 Å². The van der Waals surface area contributed by atoms with Crippen LogP contribution in [0.4, 0.5) is 4.39 Å². The van der Waals surface area contributed by atoms with Crippen LogP contribution in [0.1, 0.15) is 5.69 Å². The Bertz CT molecular complexity index is 463. The zero-order valence-electron chi connectivity index (χ0n) is 7.48. The minimum Gasteiger partial charge on any atom is -0.484 e. The first-order valence-corrected chi connectivity index (χ1v) is 5.26. The molecule has 0 aliphatic rings. The normalized spacial score (nSPS) is 10.3. The minimum atomic E-state index is -0.406. The van der Waals surface area contributed by atoms with Gasteiger partial charge < -0.3 is 4.74 Å². The van der Waals surface area contributed by atoms with Gasteiger partial charge in [0.15, 0.2) is 11.6 Å². The zero-order valence-corrected chi connectivity index (χ0v) is 9.06. The number of hydrogen-bond acceptors (Lipinski definition) is 4. The molecule has 2 aromatic rings. The standard InChI is InChI=1S/C9H6ClFN2OS/c10-9-7(12-13-15-9)5-14-8-4-2-1-3-6(8)11/h1-4H,5H2. The fraction of sp³-hybridized carbons (Fsp3) is 0.111. The van der Waals surface area contributed by atoms with Crippen molar-refractivity contribution in [1.29, 1.82) is 0 Å². The van der Waals surface area contributed by atoms with E-state index >= 15 is 0 Å². The predicted molar refractivity (Wildman–Crippen MR) is 55.7 cm³/mol. The summed E-state index contributed by atoms with van der Waals surface area (Å²) in [7, 11) is 0. The number of ether oxygens (including phenoxy) is 1. The molecule has 0 saturated heterocycles. The molecule has 0 saturated carbocycles. The first-order chi connectivity index (χ1) is 7.27. The molecule has 2 rings (SSSR count). The number of para-hydroxylation sites is 1. The molecule has 0 spiro atoms. The average Bonchev–Trinajstić information content (AvgIpc) is 2.63. The Morgan fingerprint density at radius 3 is 2.87 bits per heavy atom. The summed E-state index contributed by atoms with van der Waals surface area (Å²) in [5, 5.41) is 3.75. The van der Waals surface area contributed by atoms with Crippen molar-refractivity contribution in [2.45, 2.75) is 6.61 Å². The molecular formula is C9H6ClFN2OS. The molecule has 0 unspecified atom stereocenters. The topological polar surface area (TPSA) is 35.0 Å². The van der Waals surface area contributed by atoms with Gasteiger partial charge in [0.05, 0.1) is 0 Å². The van der Waals surface area contributed by atoms with Gasteiger partial charge in [-0.1, -0.05) is 28.2 Å². The molecule has 0 N–H and O–H groups in total. The summed E-state index contributed by atoms with van der Waals surface area (Å²) in [5.41, 5.74) is 0.518. The monoisotopic (exact) mass is 244 g/mol. The van der Waals surface area contributed by atoms with E-state index in [2.05, 4.69) is 9.59 Å². The average molecular weight is 245 g/mol. The van der Waals surface area contributed by atoms with Crippen LogP contribution in [0, 0.1) is 5.82 Å². The molecule has 1 aromatic heterocycles. The highest BCUT2D eigenvalue weighted by Crippen LogP contribution is 2.21. The maximum absolute atomic E-state index is 13.1. The molecule has 0 amide bonds. The fourth-order valence-corrected chi connectivity index (χ4v) is 1.59. The van der Waals surface area contributed by atoms with Crippen LogP contribution in [0.5, 0.6) is 5.75 Å². The Morgan fingerprint density at radius 1 is 1.40 bits per heavy atom. The highest BCUT2D eigenvalue weighted by atomic mass is 35.5. The molecule has 0 bridgehead atoms. The van der Waals surface area contributed by atoms with Gasteiger partial charge in [-0.25, -0.2) is 4.39 Å². The van der Waals surface area contributed by atoms with Crippen LogP contribution in [0.2, 0.25) is 4.34 Å². The van der Waals surface area contributed by atoms with E-state index in [1.807, 2.05) is 0 Å². The van der Waals surface area contributed by atoms with Gasteiger partial charge in [0.25, 0.3) is 0 Å². The summed E-state index contributed by atoms with van der Waals surface area (Å²) >= 11 is 6.84. The maximum atomic E-state index is 13.1. The van der Waals surface area contributed by atoms with E-state index in [1.165, 1.54) is 6.07 Å². The van der Waals surface area contributed by atoms with E-state index in [0.29, 0.717) is 10.0 Å². The van der Waals surface area contributed by atoms with E-state index in [-0.39, 0.29) is 12.4 Å². The van der Waals surface area contributed by atoms with Crippen LogP contribution < -0.4 is 4.74 Å². The van der Waals surface area contributed by atoms with Crippen LogP contribution in [-0.2, 0) is 6.61 Å². The van der Waals surface area contributed by atoms with Crippen LogP contribution in [0.15, 0.2) is 24.3 Å². The number of nitrogens with zero attached hydrogens (tertiary/aromatic N) is 2. The third-order valence-corrected chi connectivity index (χ3v) is 2.69. The van der Waals surface area contributed by atoms with E-state index in [0.717, 1.165) is 11.5 Å². The highest BCUT2D eigenvalue weighted by molar-refractivity contribution is 7.10. The van der Waals surface area contributed by atoms with Gasteiger partial charge >= 0.3 is 0 Å². The van der Waals surface area contributed by atoms with Crippen LogP contribution in [0.3, 0.4) is 0 Å². The first-order valence-electron chi connectivity index (χ1n) is 4.11. The Labute approximate surface area is 94.6 Å². The summed E-state index contributed by atoms with van der Waals surface area (Å²) in [6, 6.07) is 6.16. The fourth-order valence-electron chi connectivity index (χ4n) is 0.991. The second kappa shape index (κ2) is 4.55. The van der Waals surface area contributed by atoms with Crippen LogP contribution in [0.25, 0.3) is 0 Å². The van der Waals surface area contributed by atoms with Crippen molar-refractivity contribution >= 4 is 23.1 Å². The van der Waals surface area contributed by atoms with Gasteiger partial charge in [-0.15, -0.1) is 5.10 Å². The van der Waals surface area contributed by atoms with Gasteiger partial charge in [-0.2, -0.15) is 0 Å². The van der Waals surface area contributed by atoms with Crippen molar-refractivity contribution in [2.75, 3.05) is 0 Å². The number of rotatable bonds is 3. The third-order valence-electron chi connectivity index (χ3n) is 1.71. The zero-order chi connectivity index (χ0) is 10.7. The molecule has 1 heterocycles. The Morgan fingerprint density at radius 2 is 2.20 bits per heavy atom. The second-order valence-electron chi connectivity index (χ2n) is 2.71. The smallest absolute Gasteiger partial charge is 0.165 e.